The van der Waals surface area contributed by atoms with E-state index in [1.165, 1.54) is 0 Å². The zero-order chi connectivity index (χ0) is 14.0. The molecule has 0 bridgehead atoms. The molecule has 0 aliphatic heterocycles. The molecule has 0 heterocycles. The summed E-state index contributed by atoms with van der Waals surface area (Å²) in [7, 11) is 0. The van der Waals surface area contributed by atoms with Gasteiger partial charge in [0.05, 0.1) is 10.0 Å². The van der Waals surface area contributed by atoms with Crippen molar-refractivity contribution in [3.05, 3.63) is 56.0 Å². The Kier molecular flexibility index (Phi) is 4.75. The van der Waals surface area contributed by atoms with E-state index >= 15 is 0 Å². The molecule has 0 unspecified atom stereocenters. The maximum atomic E-state index is 10.6. The molecular formula is C14H8Cl4O. The highest BCUT2D eigenvalue weighted by Crippen LogP contribution is 2.36. The second-order valence-corrected chi connectivity index (χ2v) is 5.55. The molecular weight excluding hydrogens is 326 g/mol. The molecule has 98 valence electrons. The Balaban J connectivity index is 2.56. The van der Waals surface area contributed by atoms with E-state index in [0.29, 0.717) is 20.1 Å². The van der Waals surface area contributed by atoms with Crippen molar-refractivity contribution in [2.45, 2.75) is 6.42 Å². The number of carbonyl (C=O) groups is 1. The Bertz CT molecular complexity index is 638. The van der Waals surface area contributed by atoms with Crippen LogP contribution in [0, 0.1) is 0 Å². The topological polar surface area (TPSA) is 17.1 Å². The molecule has 0 aromatic heterocycles. The second kappa shape index (κ2) is 6.15. The molecule has 2 rings (SSSR count). The number of aldehydes is 1. The average molecular weight is 334 g/mol. The predicted octanol–water partition coefficient (Wildman–Crippen LogP) is 5.71. The molecule has 5 heteroatoms. The standard InChI is InChI=1S/C14H8Cl4O/c15-11-2-1-8(5-9(11)3-4-19)10-6-13(17)14(18)7-12(10)16/h1-2,4-7H,3H2. The van der Waals surface area contributed by atoms with E-state index in [2.05, 4.69) is 0 Å². The van der Waals surface area contributed by atoms with Crippen molar-refractivity contribution < 1.29 is 4.79 Å². The summed E-state index contributed by atoms with van der Waals surface area (Å²) in [4.78, 5) is 10.6. The zero-order valence-corrected chi connectivity index (χ0v) is 12.6. The average Bonchev–Trinajstić information content (AvgIpc) is 2.37. The van der Waals surface area contributed by atoms with Crippen LogP contribution in [0.2, 0.25) is 20.1 Å². The van der Waals surface area contributed by atoms with Crippen LogP contribution in [-0.2, 0) is 11.2 Å². The minimum absolute atomic E-state index is 0.256. The number of hydrogen-bond acceptors (Lipinski definition) is 1. The van der Waals surface area contributed by atoms with Gasteiger partial charge in [-0.1, -0.05) is 52.5 Å². The van der Waals surface area contributed by atoms with Gasteiger partial charge in [0.2, 0.25) is 0 Å². The van der Waals surface area contributed by atoms with Gasteiger partial charge < -0.3 is 4.79 Å². The fourth-order valence-electron chi connectivity index (χ4n) is 1.73. The molecule has 2 aromatic rings. The number of benzene rings is 2. The van der Waals surface area contributed by atoms with Crippen LogP contribution in [-0.4, -0.2) is 6.29 Å². The third kappa shape index (κ3) is 3.24. The highest BCUT2D eigenvalue weighted by molar-refractivity contribution is 6.44. The molecule has 1 nitrogen and oxygen atoms in total. The molecule has 0 aliphatic carbocycles. The molecule has 0 N–H and O–H groups in total. The third-order valence-electron chi connectivity index (χ3n) is 2.67. The lowest BCUT2D eigenvalue weighted by atomic mass is 10.0. The van der Waals surface area contributed by atoms with Crippen molar-refractivity contribution in [1.82, 2.24) is 0 Å². The van der Waals surface area contributed by atoms with Gasteiger partial charge in [0.15, 0.2) is 0 Å². The van der Waals surface area contributed by atoms with Crippen molar-refractivity contribution in [3.63, 3.8) is 0 Å². The van der Waals surface area contributed by atoms with Crippen molar-refractivity contribution in [2.24, 2.45) is 0 Å². The van der Waals surface area contributed by atoms with Gasteiger partial charge in [0, 0.05) is 22.0 Å². The molecule has 0 fully saturated rings. The molecule has 0 spiro atoms. The van der Waals surface area contributed by atoms with E-state index in [1.807, 2.05) is 12.1 Å². The molecule has 0 radical (unpaired) electrons. The molecule has 19 heavy (non-hydrogen) atoms. The van der Waals surface area contributed by atoms with Crippen molar-refractivity contribution in [3.8, 4) is 11.1 Å². The molecule has 2 aromatic carbocycles. The Morgan fingerprint density at radius 3 is 2.21 bits per heavy atom. The first kappa shape index (κ1) is 14.7. The Morgan fingerprint density at radius 1 is 0.842 bits per heavy atom. The quantitative estimate of drug-likeness (QED) is 0.519. The van der Waals surface area contributed by atoms with Crippen LogP contribution < -0.4 is 0 Å². The van der Waals surface area contributed by atoms with Gasteiger partial charge in [-0.25, -0.2) is 0 Å². The van der Waals surface area contributed by atoms with Crippen LogP contribution in [0.5, 0.6) is 0 Å². The predicted molar refractivity (Wildman–Crippen MR) is 81.7 cm³/mol. The van der Waals surface area contributed by atoms with E-state index < -0.39 is 0 Å². The third-order valence-corrected chi connectivity index (χ3v) is 4.07. The number of hydrogen-bond donors (Lipinski definition) is 0. The Labute approximate surface area is 131 Å². The van der Waals surface area contributed by atoms with E-state index in [-0.39, 0.29) is 6.42 Å². The maximum absolute atomic E-state index is 10.6. The number of halogens is 4. The van der Waals surface area contributed by atoms with E-state index in [0.717, 1.165) is 23.0 Å². The van der Waals surface area contributed by atoms with Gasteiger partial charge in [0.25, 0.3) is 0 Å². The van der Waals surface area contributed by atoms with Crippen molar-refractivity contribution >= 4 is 52.7 Å². The van der Waals surface area contributed by atoms with Gasteiger partial charge in [0.1, 0.15) is 6.29 Å². The first-order chi connectivity index (χ1) is 9.02. The van der Waals surface area contributed by atoms with E-state index in [1.54, 1.807) is 18.2 Å². The van der Waals surface area contributed by atoms with Crippen molar-refractivity contribution in [1.29, 1.82) is 0 Å². The normalized spacial score (nSPS) is 10.5. The van der Waals surface area contributed by atoms with Gasteiger partial charge in [-0.3, -0.25) is 0 Å². The van der Waals surface area contributed by atoms with Crippen LogP contribution in [0.25, 0.3) is 11.1 Å². The molecule has 0 saturated heterocycles. The largest absolute Gasteiger partial charge is 0.303 e. The molecule has 0 atom stereocenters. The minimum atomic E-state index is 0.256. The summed E-state index contributed by atoms with van der Waals surface area (Å²) >= 11 is 24.1. The first-order valence-electron chi connectivity index (χ1n) is 5.40. The lowest BCUT2D eigenvalue weighted by Gasteiger charge is -2.09. The van der Waals surface area contributed by atoms with E-state index in [9.17, 15) is 4.79 Å². The Morgan fingerprint density at radius 2 is 1.53 bits per heavy atom. The van der Waals surface area contributed by atoms with Crippen LogP contribution in [0.3, 0.4) is 0 Å². The smallest absolute Gasteiger partial charge is 0.124 e. The van der Waals surface area contributed by atoms with E-state index in [4.69, 9.17) is 46.4 Å². The maximum Gasteiger partial charge on any atom is 0.124 e. The summed E-state index contributed by atoms with van der Waals surface area (Å²) in [6.45, 7) is 0. The fourth-order valence-corrected chi connectivity index (χ4v) is 2.58. The van der Waals surface area contributed by atoms with Gasteiger partial charge in [-0.05, 0) is 35.4 Å². The van der Waals surface area contributed by atoms with Gasteiger partial charge in [-0.15, -0.1) is 0 Å². The van der Waals surface area contributed by atoms with Crippen LogP contribution in [0.15, 0.2) is 30.3 Å². The molecule has 0 aliphatic rings. The van der Waals surface area contributed by atoms with Gasteiger partial charge >= 0.3 is 0 Å². The SMILES string of the molecule is O=CCc1cc(-c2cc(Cl)c(Cl)cc2Cl)ccc1Cl. The zero-order valence-electron chi connectivity index (χ0n) is 9.59. The van der Waals surface area contributed by atoms with Crippen LogP contribution >= 0.6 is 46.4 Å². The van der Waals surface area contributed by atoms with Crippen LogP contribution in [0.1, 0.15) is 5.56 Å². The molecule has 0 saturated carbocycles. The lowest BCUT2D eigenvalue weighted by molar-refractivity contribution is -0.107. The summed E-state index contributed by atoms with van der Waals surface area (Å²) in [6.07, 6.45) is 1.06. The lowest BCUT2D eigenvalue weighted by Crippen LogP contribution is -1.89. The monoisotopic (exact) mass is 332 g/mol. The fraction of sp³-hybridized carbons (Fsp3) is 0.0714. The summed E-state index contributed by atoms with van der Waals surface area (Å²) in [5, 5.41) is 1.87. The summed E-state index contributed by atoms with van der Waals surface area (Å²) in [5.74, 6) is 0. The minimum Gasteiger partial charge on any atom is -0.303 e. The number of carbonyl (C=O) groups excluding carboxylic acids is 1. The summed E-state index contributed by atoms with van der Waals surface area (Å²) in [6, 6.07) is 8.66. The van der Waals surface area contributed by atoms with Gasteiger partial charge in [-0.2, -0.15) is 0 Å². The highest BCUT2D eigenvalue weighted by Gasteiger charge is 2.10. The van der Waals surface area contributed by atoms with Crippen LogP contribution in [0.4, 0.5) is 0 Å². The first-order valence-corrected chi connectivity index (χ1v) is 6.91. The molecule has 0 amide bonds. The highest BCUT2D eigenvalue weighted by atomic mass is 35.5. The summed E-state index contributed by atoms with van der Waals surface area (Å²) in [5.41, 5.74) is 2.33. The second-order valence-electron chi connectivity index (χ2n) is 3.92. The number of rotatable bonds is 3. The summed E-state index contributed by atoms with van der Waals surface area (Å²) < 4.78 is 0. The Hall–Kier alpha value is -0.730. The van der Waals surface area contributed by atoms with Crippen molar-refractivity contribution in [2.75, 3.05) is 0 Å².